The van der Waals surface area contributed by atoms with Gasteiger partial charge in [0.25, 0.3) is 0 Å². The molecule has 0 radical (unpaired) electrons. The molecule has 0 bridgehead atoms. The summed E-state index contributed by atoms with van der Waals surface area (Å²) >= 11 is 0. The van der Waals surface area contributed by atoms with Gasteiger partial charge in [0.15, 0.2) is 0 Å². The Kier molecular flexibility index (Phi) is 6.60. The second kappa shape index (κ2) is 7.77. The Morgan fingerprint density at radius 3 is 2.41 bits per heavy atom. The van der Waals surface area contributed by atoms with Gasteiger partial charge in [-0.1, -0.05) is 24.3 Å². The zero-order valence-electron chi connectivity index (χ0n) is 13.1. The van der Waals surface area contributed by atoms with Crippen LogP contribution < -0.4 is 10.1 Å². The maximum absolute atomic E-state index is 13.7. The molecule has 2 rings (SSSR count). The number of halogens is 2. The number of ether oxygens (including phenoxy) is 1. The highest BCUT2D eigenvalue weighted by atomic mass is 35.5. The van der Waals surface area contributed by atoms with Crippen molar-refractivity contribution in [1.82, 2.24) is 5.32 Å². The predicted octanol–water partition coefficient (Wildman–Crippen LogP) is 3.53. The smallest absolute Gasteiger partial charge is 0.131 e. The molecule has 0 heterocycles. The first kappa shape index (κ1) is 18.7. The zero-order chi connectivity index (χ0) is 15.5. The van der Waals surface area contributed by atoms with Crippen LogP contribution in [0.2, 0.25) is 0 Å². The van der Waals surface area contributed by atoms with Crippen molar-refractivity contribution in [2.75, 3.05) is 13.2 Å². The Morgan fingerprint density at radius 1 is 1.14 bits per heavy atom. The molecule has 122 valence electrons. The number of benzene rings is 2. The topological polar surface area (TPSA) is 41.5 Å². The van der Waals surface area contributed by atoms with E-state index in [2.05, 4.69) is 5.32 Å². The molecular formula is C17H23ClFNO2. The molecule has 0 aromatic heterocycles. The Hall–Kier alpha value is -1.36. The maximum Gasteiger partial charge on any atom is 0.131 e. The largest absolute Gasteiger partial charge is 0.490 e. The average molecular weight is 328 g/mol. The summed E-state index contributed by atoms with van der Waals surface area (Å²) in [5, 5.41) is 14.4. The van der Waals surface area contributed by atoms with Gasteiger partial charge in [0.05, 0.1) is 0 Å². The maximum atomic E-state index is 13.7. The molecule has 2 aromatic carbocycles. The monoisotopic (exact) mass is 327 g/mol. The van der Waals surface area contributed by atoms with Gasteiger partial charge < -0.3 is 15.2 Å². The lowest BCUT2D eigenvalue weighted by molar-refractivity contribution is 0.101. The number of fused-ring (bicyclic) bond motifs is 1. The summed E-state index contributed by atoms with van der Waals surface area (Å²) in [7, 11) is 0. The fourth-order valence-electron chi connectivity index (χ4n) is 2.03. The molecule has 5 heteroatoms. The highest BCUT2D eigenvalue weighted by Crippen LogP contribution is 2.27. The van der Waals surface area contributed by atoms with Gasteiger partial charge in [-0.2, -0.15) is 0 Å². The van der Waals surface area contributed by atoms with Crippen molar-refractivity contribution in [3.8, 4) is 5.75 Å². The second-order valence-corrected chi connectivity index (χ2v) is 6.19. The first-order valence-corrected chi connectivity index (χ1v) is 7.10. The highest BCUT2D eigenvalue weighted by molar-refractivity contribution is 5.88. The molecule has 0 aliphatic carbocycles. The molecule has 0 saturated carbocycles. The van der Waals surface area contributed by atoms with Crippen LogP contribution >= 0.6 is 12.4 Å². The van der Waals surface area contributed by atoms with Gasteiger partial charge in [-0.3, -0.25) is 0 Å². The lowest BCUT2D eigenvalue weighted by atomic mass is 10.1. The number of aliphatic hydroxyl groups excluding tert-OH is 1. The molecule has 1 atom stereocenters. The molecule has 0 amide bonds. The minimum Gasteiger partial charge on any atom is -0.490 e. The van der Waals surface area contributed by atoms with E-state index in [4.69, 9.17) is 4.74 Å². The lowest BCUT2D eigenvalue weighted by Gasteiger charge is -2.23. The molecule has 2 N–H and O–H groups in total. The third-order valence-electron chi connectivity index (χ3n) is 3.13. The minimum atomic E-state index is -0.618. The van der Waals surface area contributed by atoms with Gasteiger partial charge in [0.2, 0.25) is 0 Å². The van der Waals surface area contributed by atoms with Crippen LogP contribution in [0.3, 0.4) is 0 Å². The fraction of sp³-hybridized carbons (Fsp3) is 0.412. The molecule has 22 heavy (non-hydrogen) atoms. The Labute approximate surface area is 136 Å². The molecule has 0 aliphatic rings. The average Bonchev–Trinajstić information content (AvgIpc) is 2.44. The fourth-order valence-corrected chi connectivity index (χ4v) is 2.03. The van der Waals surface area contributed by atoms with Gasteiger partial charge >= 0.3 is 0 Å². The molecular weight excluding hydrogens is 305 g/mol. The van der Waals surface area contributed by atoms with Crippen LogP contribution in [0.5, 0.6) is 5.75 Å². The van der Waals surface area contributed by atoms with Crippen LogP contribution in [0, 0.1) is 5.82 Å². The predicted molar refractivity (Wildman–Crippen MR) is 90.4 cm³/mol. The van der Waals surface area contributed by atoms with E-state index in [9.17, 15) is 9.50 Å². The van der Waals surface area contributed by atoms with Crippen molar-refractivity contribution in [3.05, 3.63) is 42.2 Å². The van der Waals surface area contributed by atoms with E-state index in [1.807, 2.05) is 32.9 Å². The van der Waals surface area contributed by atoms with E-state index in [0.29, 0.717) is 23.1 Å². The van der Waals surface area contributed by atoms with Gasteiger partial charge in [0, 0.05) is 22.9 Å². The number of nitrogens with one attached hydrogen (secondary N) is 1. The van der Waals surface area contributed by atoms with E-state index in [1.54, 1.807) is 18.2 Å². The lowest BCUT2D eigenvalue weighted by Crippen LogP contribution is -2.42. The van der Waals surface area contributed by atoms with Crippen molar-refractivity contribution >= 4 is 23.2 Å². The summed E-state index contributed by atoms with van der Waals surface area (Å²) in [6.45, 7) is 6.72. The molecule has 0 fully saturated rings. The molecule has 0 unspecified atom stereocenters. The Morgan fingerprint density at radius 2 is 1.77 bits per heavy atom. The van der Waals surface area contributed by atoms with E-state index >= 15 is 0 Å². The third-order valence-corrected chi connectivity index (χ3v) is 3.13. The van der Waals surface area contributed by atoms with Crippen LogP contribution in [-0.2, 0) is 0 Å². The second-order valence-electron chi connectivity index (χ2n) is 6.19. The SMILES string of the molecule is CC(C)(C)NC[C@@H](O)COc1ccc(F)c2ccccc12.Cl. The quantitative estimate of drug-likeness (QED) is 0.882. The van der Waals surface area contributed by atoms with Crippen molar-refractivity contribution in [1.29, 1.82) is 0 Å². The molecule has 2 aromatic rings. The molecule has 0 spiro atoms. The summed E-state index contributed by atoms with van der Waals surface area (Å²) in [5.41, 5.74) is -0.0520. The summed E-state index contributed by atoms with van der Waals surface area (Å²) in [6.07, 6.45) is -0.618. The van der Waals surface area contributed by atoms with Gasteiger partial charge in [-0.25, -0.2) is 4.39 Å². The van der Waals surface area contributed by atoms with Gasteiger partial charge in [-0.15, -0.1) is 12.4 Å². The molecule has 0 aliphatic heterocycles. The number of rotatable bonds is 5. The van der Waals surface area contributed by atoms with E-state index in [1.165, 1.54) is 6.07 Å². The third kappa shape index (κ3) is 5.13. The van der Waals surface area contributed by atoms with Crippen molar-refractivity contribution in [2.45, 2.75) is 32.4 Å². The number of aliphatic hydroxyl groups is 1. The summed E-state index contributed by atoms with van der Waals surface area (Å²) in [4.78, 5) is 0. The number of β-amino-alcohol motifs (C(OH)–C–C–N with tert-alkyl or cyclic N) is 1. The van der Waals surface area contributed by atoms with Crippen LogP contribution in [0.4, 0.5) is 4.39 Å². The number of hydrogen-bond acceptors (Lipinski definition) is 3. The Bertz CT molecular complexity index is 613. The molecule has 3 nitrogen and oxygen atoms in total. The van der Waals surface area contributed by atoms with Gasteiger partial charge in [0.1, 0.15) is 24.3 Å². The standard InChI is InChI=1S/C17H22FNO2.ClH/c1-17(2,3)19-10-12(20)11-21-16-9-8-15(18)13-6-4-5-7-14(13)16;/h4-9,12,19-20H,10-11H2,1-3H3;1H/t12-;/m1./s1. The highest BCUT2D eigenvalue weighted by Gasteiger charge is 2.13. The zero-order valence-corrected chi connectivity index (χ0v) is 13.9. The van der Waals surface area contributed by atoms with E-state index in [0.717, 1.165) is 0 Å². The van der Waals surface area contributed by atoms with Crippen LogP contribution in [-0.4, -0.2) is 29.9 Å². The summed E-state index contributed by atoms with van der Waals surface area (Å²) in [6, 6.07) is 10.1. The first-order chi connectivity index (χ1) is 9.87. The minimum absolute atomic E-state index is 0. The molecule has 0 saturated heterocycles. The van der Waals surface area contributed by atoms with E-state index in [-0.39, 0.29) is 30.4 Å². The van der Waals surface area contributed by atoms with Crippen molar-refractivity contribution in [3.63, 3.8) is 0 Å². The summed E-state index contributed by atoms with van der Waals surface area (Å²) < 4.78 is 19.3. The van der Waals surface area contributed by atoms with Crippen molar-refractivity contribution < 1.29 is 14.2 Å². The van der Waals surface area contributed by atoms with Crippen LogP contribution in [0.1, 0.15) is 20.8 Å². The summed E-state index contributed by atoms with van der Waals surface area (Å²) in [5.74, 6) is 0.315. The number of hydrogen-bond donors (Lipinski definition) is 2. The Balaban J connectivity index is 0.00000242. The van der Waals surface area contributed by atoms with Crippen molar-refractivity contribution in [2.24, 2.45) is 0 Å². The van der Waals surface area contributed by atoms with E-state index < -0.39 is 6.10 Å². The van der Waals surface area contributed by atoms with Crippen LogP contribution in [0.25, 0.3) is 10.8 Å². The first-order valence-electron chi connectivity index (χ1n) is 7.10. The van der Waals surface area contributed by atoms with Gasteiger partial charge in [-0.05, 0) is 32.9 Å². The normalized spacial score (nSPS) is 12.8. The van der Waals surface area contributed by atoms with Crippen LogP contribution in [0.15, 0.2) is 36.4 Å².